The Morgan fingerprint density at radius 3 is 3.00 bits per heavy atom. The van der Waals surface area contributed by atoms with Crippen LogP contribution in [0.3, 0.4) is 0 Å². The predicted octanol–water partition coefficient (Wildman–Crippen LogP) is 2.93. The summed E-state index contributed by atoms with van der Waals surface area (Å²) in [6.45, 7) is 2.92. The summed E-state index contributed by atoms with van der Waals surface area (Å²) in [5.74, 6) is 1.05. The van der Waals surface area contributed by atoms with E-state index in [4.69, 9.17) is 17.3 Å². The van der Waals surface area contributed by atoms with Crippen LogP contribution in [-0.2, 0) is 13.0 Å². The molecule has 2 aromatic heterocycles. The summed E-state index contributed by atoms with van der Waals surface area (Å²) >= 11 is 7.53. The Labute approximate surface area is 110 Å². The Hall–Kier alpha value is -0.840. The minimum Gasteiger partial charge on any atom is -0.330 e. The van der Waals surface area contributed by atoms with Gasteiger partial charge in [-0.25, -0.2) is 4.98 Å². The van der Waals surface area contributed by atoms with E-state index in [0.717, 1.165) is 29.5 Å². The molecule has 2 aromatic rings. The monoisotopic (exact) mass is 269 g/mol. The molecule has 92 valence electrons. The average molecular weight is 270 g/mol. The van der Waals surface area contributed by atoms with Gasteiger partial charge in [0, 0.05) is 29.7 Å². The third kappa shape index (κ3) is 3.31. The molecule has 0 spiro atoms. The first-order chi connectivity index (χ1) is 8.19. The van der Waals surface area contributed by atoms with Gasteiger partial charge in [-0.05, 0) is 18.6 Å². The van der Waals surface area contributed by atoms with Gasteiger partial charge in [0.05, 0.1) is 10.9 Å². The number of nitrogens with two attached hydrogens (primary N) is 1. The van der Waals surface area contributed by atoms with E-state index in [9.17, 15) is 0 Å². The Bertz CT molecular complexity index is 478. The van der Waals surface area contributed by atoms with Crippen LogP contribution in [0.1, 0.15) is 24.0 Å². The predicted molar refractivity (Wildman–Crippen MR) is 72.6 cm³/mol. The number of rotatable bonds is 5. The molecule has 1 atom stereocenters. The van der Waals surface area contributed by atoms with Crippen LogP contribution in [0, 0.1) is 0 Å². The van der Waals surface area contributed by atoms with E-state index in [1.807, 2.05) is 18.5 Å². The summed E-state index contributed by atoms with van der Waals surface area (Å²) in [4.78, 5) is 5.60. The zero-order valence-corrected chi connectivity index (χ0v) is 11.3. The van der Waals surface area contributed by atoms with Crippen molar-refractivity contribution in [3.05, 3.63) is 39.6 Å². The van der Waals surface area contributed by atoms with Crippen molar-refractivity contribution < 1.29 is 0 Å². The van der Waals surface area contributed by atoms with Crippen molar-refractivity contribution >= 4 is 22.9 Å². The molecular weight excluding hydrogens is 254 g/mol. The van der Waals surface area contributed by atoms with Crippen LogP contribution in [0.15, 0.2) is 24.5 Å². The highest BCUT2D eigenvalue weighted by atomic mass is 35.5. The third-order valence-corrected chi connectivity index (χ3v) is 3.94. The molecule has 0 aliphatic carbocycles. The molecule has 2 heterocycles. The molecule has 0 aliphatic heterocycles. The van der Waals surface area contributed by atoms with Gasteiger partial charge in [-0.1, -0.05) is 18.5 Å². The van der Waals surface area contributed by atoms with Crippen LogP contribution in [0.4, 0.5) is 0 Å². The van der Waals surface area contributed by atoms with Crippen LogP contribution >= 0.6 is 22.9 Å². The molecule has 1 unspecified atom stereocenters. The van der Waals surface area contributed by atoms with Gasteiger partial charge in [-0.3, -0.25) is 0 Å². The fourth-order valence-corrected chi connectivity index (χ4v) is 2.74. The van der Waals surface area contributed by atoms with Crippen LogP contribution in [0.25, 0.3) is 0 Å². The first-order valence-corrected chi connectivity index (χ1v) is 6.88. The van der Waals surface area contributed by atoms with Crippen molar-refractivity contribution in [2.75, 3.05) is 0 Å². The fourth-order valence-electron chi connectivity index (χ4n) is 1.66. The zero-order chi connectivity index (χ0) is 12.3. The van der Waals surface area contributed by atoms with Gasteiger partial charge in [0.1, 0.15) is 5.82 Å². The average Bonchev–Trinajstić information content (AvgIpc) is 2.89. The van der Waals surface area contributed by atoms with Gasteiger partial charge in [0.2, 0.25) is 0 Å². The van der Waals surface area contributed by atoms with Crippen molar-refractivity contribution in [2.45, 2.75) is 32.4 Å². The molecule has 5 heteroatoms. The Morgan fingerprint density at radius 2 is 2.35 bits per heavy atom. The lowest BCUT2D eigenvalue weighted by Gasteiger charge is -2.10. The Balaban J connectivity index is 2.08. The quantitative estimate of drug-likeness (QED) is 0.907. The van der Waals surface area contributed by atoms with E-state index in [2.05, 4.69) is 22.5 Å². The van der Waals surface area contributed by atoms with Crippen molar-refractivity contribution in [1.29, 1.82) is 0 Å². The smallest absolute Gasteiger partial charge is 0.110 e. The molecule has 0 radical (unpaired) electrons. The maximum atomic E-state index is 5.96. The highest BCUT2D eigenvalue weighted by Gasteiger charge is 2.08. The largest absolute Gasteiger partial charge is 0.330 e. The van der Waals surface area contributed by atoms with E-state index >= 15 is 0 Å². The van der Waals surface area contributed by atoms with E-state index in [1.54, 1.807) is 11.3 Å². The summed E-state index contributed by atoms with van der Waals surface area (Å²) in [7, 11) is 0. The lowest BCUT2D eigenvalue weighted by atomic mass is 10.1. The first-order valence-electron chi connectivity index (χ1n) is 5.69. The summed E-state index contributed by atoms with van der Waals surface area (Å²) in [6.07, 6.45) is 5.61. The van der Waals surface area contributed by atoms with Gasteiger partial charge in [-0.15, -0.1) is 11.3 Å². The summed E-state index contributed by atoms with van der Waals surface area (Å²) in [6, 6.07) is 4.16. The molecule has 3 nitrogen and oxygen atoms in total. The van der Waals surface area contributed by atoms with Crippen LogP contribution in [0.2, 0.25) is 4.34 Å². The summed E-state index contributed by atoms with van der Waals surface area (Å²) in [5, 5.41) is 0. The minimum absolute atomic E-state index is 0.183. The fraction of sp³-hybridized carbons (Fsp3) is 0.417. The molecule has 0 saturated heterocycles. The summed E-state index contributed by atoms with van der Waals surface area (Å²) in [5.41, 5.74) is 5.96. The zero-order valence-electron chi connectivity index (χ0n) is 9.77. The molecule has 2 N–H and O–H groups in total. The maximum absolute atomic E-state index is 5.96. The third-order valence-electron chi connectivity index (χ3n) is 2.73. The van der Waals surface area contributed by atoms with Crippen LogP contribution in [-0.4, -0.2) is 15.6 Å². The normalized spacial score (nSPS) is 12.9. The first kappa shape index (κ1) is 12.6. The number of hydrogen-bond acceptors (Lipinski definition) is 3. The molecule has 0 aromatic carbocycles. The number of aromatic nitrogens is 2. The van der Waals surface area contributed by atoms with Crippen molar-refractivity contribution in [1.82, 2.24) is 9.55 Å². The number of hydrogen-bond donors (Lipinski definition) is 1. The standard InChI is InChI=1S/C12H16ClN3S/c1-2-9(14)7-12-15-5-6-16(12)8-10-3-4-11(13)17-10/h3-6,9H,2,7-8,14H2,1H3. The van der Waals surface area contributed by atoms with Gasteiger partial charge < -0.3 is 10.3 Å². The second-order valence-corrected chi connectivity index (χ2v) is 5.85. The number of nitrogens with zero attached hydrogens (tertiary/aromatic N) is 2. The van der Waals surface area contributed by atoms with E-state index in [0.29, 0.717) is 0 Å². The number of thiophene rings is 1. The van der Waals surface area contributed by atoms with Crippen molar-refractivity contribution in [2.24, 2.45) is 5.73 Å². The Kier molecular flexibility index (Phi) is 4.20. The minimum atomic E-state index is 0.183. The van der Waals surface area contributed by atoms with E-state index in [-0.39, 0.29) is 6.04 Å². The Morgan fingerprint density at radius 1 is 1.53 bits per heavy atom. The van der Waals surface area contributed by atoms with Crippen LogP contribution < -0.4 is 5.73 Å². The lowest BCUT2D eigenvalue weighted by molar-refractivity contribution is 0.598. The molecule has 0 saturated carbocycles. The molecule has 0 fully saturated rings. The van der Waals surface area contributed by atoms with E-state index in [1.165, 1.54) is 4.88 Å². The molecule has 2 rings (SSSR count). The van der Waals surface area contributed by atoms with Crippen molar-refractivity contribution in [3.8, 4) is 0 Å². The maximum Gasteiger partial charge on any atom is 0.110 e. The van der Waals surface area contributed by atoms with Gasteiger partial charge >= 0.3 is 0 Å². The van der Waals surface area contributed by atoms with Crippen LogP contribution in [0.5, 0.6) is 0 Å². The second kappa shape index (κ2) is 5.67. The molecular formula is C12H16ClN3S. The molecule has 0 amide bonds. The van der Waals surface area contributed by atoms with Gasteiger partial charge in [0.15, 0.2) is 0 Å². The number of halogens is 1. The molecule has 0 aliphatic rings. The van der Waals surface area contributed by atoms with Gasteiger partial charge in [-0.2, -0.15) is 0 Å². The van der Waals surface area contributed by atoms with E-state index < -0.39 is 0 Å². The SMILES string of the molecule is CCC(N)Cc1nccn1Cc1ccc(Cl)s1. The highest BCUT2D eigenvalue weighted by molar-refractivity contribution is 7.16. The molecule has 0 bridgehead atoms. The van der Waals surface area contributed by atoms with Gasteiger partial charge in [0.25, 0.3) is 0 Å². The number of imidazole rings is 1. The van der Waals surface area contributed by atoms with Crippen molar-refractivity contribution in [3.63, 3.8) is 0 Å². The highest BCUT2D eigenvalue weighted by Crippen LogP contribution is 2.22. The topological polar surface area (TPSA) is 43.8 Å². The second-order valence-electron chi connectivity index (χ2n) is 4.05. The summed E-state index contributed by atoms with van der Waals surface area (Å²) < 4.78 is 2.96. The molecule has 17 heavy (non-hydrogen) atoms. The lowest BCUT2D eigenvalue weighted by Crippen LogP contribution is -2.23.